The third-order valence-corrected chi connectivity index (χ3v) is 5.45. The van der Waals surface area contributed by atoms with Crippen LogP contribution in [0.1, 0.15) is 53.9 Å². The second-order valence-electron chi connectivity index (χ2n) is 6.18. The normalized spacial score (nSPS) is 17.5. The van der Waals surface area contributed by atoms with Crippen LogP contribution >= 0.6 is 11.3 Å². The Hall–Kier alpha value is -1.89. The molecule has 0 saturated carbocycles. The van der Waals surface area contributed by atoms with Crippen LogP contribution in [0.15, 0.2) is 0 Å². The van der Waals surface area contributed by atoms with Crippen molar-refractivity contribution in [2.45, 2.75) is 53.0 Å². The number of hydrogen-bond donors (Lipinski definition) is 1. The van der Waals surface area contributed by atoms with Gasteiger partial charge in [0.1, 0.15) is 5.00 Å². The molecule has 0 radical (unpaired) electrons. The molecule has 7 heteroatoms. The van der Waals surface area contributed by atoms with Crippen LogP contribution in [0.25, 0.3) is 0 Å². The minimum Gasteiger partial charge on any atom is -0.452 e. The summed E-state index contributed by atoms with van der Waals surface area (Å²) in [4.78, 5) is 38.7. The number of thiophene rings is 1. The predicted octanol–water partition coefficient (Wildman–Crippen LogP) is 2.88. The number of aryl methyl sites for hydroxylation is 1. The fraction of sp³-hybridized carbons (Fsp3) is 0.588. The first-order valence-corrected chi connectivity index (χ1v) is 8.97. The molecule has 2 rings (SSSR count). The van der Waals surface area contributed by atoms with Gasteiger partial charge in [0.2, 0.25) is 5.91 Å². The summed E-state index contributed by atoms with van der Waals surface area (Å²) < 4.78 is 5.23. The summed E-state index contributed by atoms with van der Waals surface area (Å²) in [5.74, 6) is -0.983. The van der Waals surface area contributed by atoms with Crippen molar-refractivity contribution in [3.63, 3.8) is 0 Å². The van der Waals surface area contributed by atoms with E-state index in [2.05, 4.69) is 5.32 Å². The van der Waals surface area contributed by atoms with Gasteiger partial charge in [-0.3, -0.25) is 9.59 Å². The van der Waals surface area contributed by atoms with Gasteiger partial charge in [-0.15, -0.1) is 11.3 Å². The number of carbonyl (C=O) groups excluding carboxylic acids is 3. The smallest absolute Gasteiger partial charge is 0.341 e. The van der Waals surface area contributed by atoms with Crippen LogP contribution in [0.5, 0.6) is 0 Å². The lowest BCUT2D eigenvalue weighted by Crippen LogP contribution is -2.44. The van der Waals surface area contributed by atoms with E-state index in [0.717, 1.165) is 29.7 Å². The Morgan fingerprint density at radius 1 is 1.29 bits per heavy atom. The Morgan fingerprint density at radius 2 is 2.00 bits per heavy atom. The number of amides is 2. The SMILES string of the molecule is CC(=O)Nc1sc(C)c(C)c1C(=O)OCC(=O)N1CCCC[C@H]1C. The number of carbonyl (C=O) groups is 3. The maximum absolute atomic E-state index is 12.4. The van der Waals surface area contributed by atoms with Crippen molar-refractivity contribution in [2.75, 3.05) is 18.5 Å². The van der Waals surface area contributed by atoms with Crippen molar-refractivity contribution in [3.8, 4) is 0 Å². The first-order chi connectivity index (χ1) is 11.3. The standard InChI is InChI=1S/C17H24N2O4S/c1-10-7-5-6-8-19(10)14(21)9-23-17(22)15-11(2)12(3)24-16(15)18-13(4)20/h10H,5-9H2,1-4H3,(H,18,20)/t10-/m1/s1. The maximum Gasteiger partial charge on any atom is 0.341 e. The lowest BCUT2D eigenvalue weighted by Gasteiger charge is -2.33. The summed E-state index contributed by atoms with van der Waals surface area (Å²) in [6, 6.07) is 0.185. The third kappa shape index (κ3) is 4.14. The number of piperidine rings is 1. The molecule has 6 nitrogen and oxygen atoms in total. The predicted molar refractivity (Wildman–Crippen MR) is 93.4 cm³/mol. The van der Waals surface area contributed by atoms with Crippen molar-refractivity contribution < 1.29 is 19.1 Å². The van der Waals surface area contributed by atoms with Gasteiger partial charge < -0.3 is 15.0 Å². The number of esters is 1. The summed E-state index contributed by atoms with van der Waals surface area (Å²) in [6.45, 7) is 7.54. The molecule has 2 amide bonds. The lowest BCUT2D eigenvalue weighted by molar-refractivity contribution is -0.137. The monoisotopic (exact) mass is 352 g/mol. The molecule has 0 aliphatic carbocycles. The van der Waals surface area contributed by atoms with Gasteiger partial charge in [0.15, 0.2) is 6.61 Å². The van der Waals surface area contributed by atoms with Crippen LogP contribution < -0.4 is 5.32 Å². The minimum absolute atomic E-state index is 0.166. The Bertz CT molecular complexity index is 653. The van der Waals surface area contributed by atoms with E-state index in [9.17, 15) is 14.4 Å². The quantitative estimate of drug-likeness (QED) is 0.846. The molecule has 0 spiro atoms. The molecule has 0 bridgehead atoms. The van der Waals surface area contributed by atoms with E-state index in [1.54, 1.807) is 4.90 Å². The van der Waals surface area contributed by atoms with E-state index in [1.807, 2.05) is 20.8 Å². The summed E-state index contributed by atoms with van der Waals surface area (Å²) in [7, 11) is 0. The highest BCUT2D eigenvalue weighted by Gasteiger charge is 2.26. The van der Waals surface area contributed by atoms with Gasteiger partial charge in [0, 0.05) is 24.4 Å². The highest BCUT2D eigenvalue weighted by Crippen LogP contribution is 2.33. The van der Waals surface area contributed by atoms with Gasteiger partial charge in [0.25, 0.3) is 5.91 Å². The molecule has 24 heavy (non-hydrogen) atoms. The highest BCUT2D eigenvalue weighted by atomic mass is 32.1. The molecule has 1 aliphatic heterocycles. The highest BCUT2D eigenvalue weighted by molar-refractivity contribution is 7.16. The number of anilines is 1. The summed E-state index contributed by atoms with van der Waals surface area (Å²) in [6.07, 6.45) is 3.09. The molecule has 1 atom stereocenters. The van der Waals surface area contributed by atoms with E-state index in [1.165, 1.54) is 18.3 Å². The van der Waals surface area contributed by atoms with Gasteiger partial charge in [-0.25, -0.2) is 4.79 Å². The number of hydrogen-bond acceptors (Lipinski definition) is 5. The Morgan fingerprint density at radius 3 is 2.62 bits per heavy atom. The molecule has 2 heterocycles. The van der Waals surface area contributed by atoms with Gasteiger partial charge in [-0.05, 0) is 45.6 Å². The maximum atomic E-state index is 12.4. The topological polar surface area (TPSA) is 75.7 Å². The van der Waals surface area contributed by atoms with E-state index in [-0.39, 0.29) is 24.5 Å². The second kappa shape index (κ2) is 7.79. The van der Waals surface area contributed by atoms with Crippen LogP contribution in [0.2, 0.25) is 0 Å². The van der Waals surface area contributed by atoms with Gasteiger partial charge >= 0.3 is 5.97 Å². The third-order valence-electron chi connectivity index (χ3n) is 4.33. The average molecular weight is 352 g/mol. The number of likely N-dealkylation sites (tertiary alicyclic amines) is 1. The van der Waals surface area contributed by atoms with Crippen LogP contribution in [-0.2, 0) is 14.3 Å². The Kier molecular flexibility index (Phi) is 5.99. The van der Waals surface area contributed by atoms with Crippen molar-refractivity contribution >= 4 is 34.1 Å². The van der Waals surface area contributed by atoms with Gasteiger partial charge in [-0.2, -0.15) is 0 Å². The van der Waals surface area contributed by atoms with Crippen LogP contribution in [0.3, 0.4) is 0 Å². The number of ether oxygens (including phenoxy) is 1. The Labute approximate surface area is 146 Å². The second-order valence-corrected chi connectivity index (χ2v) is 7.40. The van der Waals surface area contributed by atoms with E-state index in [0.29, 0.717) is 17.1 Å². The zero-order chi connectivity index (χ0) is 17.9. The molecule has 1 fully saturated rings. The van der Waals surface area contributed by atoms with Gasteiger partial charge in [0.05, 0.1) is 5.56 Å². The first kappa shape index (κ1) is 18.4. The zero-order valence-electron chi connectivity index (χ0n) is 14.6. The number of nitrogens with one attached hydrogen (secondary N) is 1. The number of nitrogens with zero attached hydrogens (tertiary/aromatic N) is 1. The summed E-state index contributed by atoms with van der Waals surface area (Å²) >= 11 is 1.33. The molecule has 1 aromatic heterocycles. The zero-order valence-corrected chi connectivity index (χ0v) is 15.4. The molecule has 0 unspecified atom stereocenters. The molecule has 1 aliphatic rings. The summed E-state index contributed by atoms with van der Waals surface area (Å²) in [5, 5.41) is 3.13. The van der Waals surface area contributed by atoms with Gasteiger partial charge in [-0.1, -0.05) is 0 Å². The van der Waals surface area contributed by atoms with Crippen molar-refractivity contribution in [1.29, 1.82) is 0 Å². The minimum atomic E-state index is -0.571. The fourth-order valence-corrected chi connectivity index (χ4v) is 3.97. The Balaban J connectivity index is 2.04. The van der Waals surface area contributed by atoms with Crippen molar-refractivity contribution in [1.82, 2.24) is 4.90 Å². The lowest BCUT2D eigenvalue weighted by atomic mass is 10.0. The van der Waals surface area contributed by atoms with Crippen LogP contribution in [-0.4, -0.2) is 41.9 Å². The number of rotatable bonds is 4. The van der Waals surface area contributed by atoms with Crippen molar-refractivity contribution in [2.24, 2.45) is 0 Å². The summed E-state index contributed by atoms with van der Waals surface area (Å²) in [5.41, 5.74) is 1.11. The first-order valence-electron chi connectivity index (χ1n) is 8.15. The molecule has 132 valence electrons. The van der Waals surface area contributed by atoms with E-state index >= 15 is 0 Å². The van der Waals surface area contributed by atoms with E-state index in [4.69, 9.17) is 4.74 Å². The molecule has 1 aromatic rings. The molecular formula is C17H24N2O4S. The van der Waals surface area contributed by atoms with Crippen LogP contribution in [0.4, 0.5) is 5.00 Å². The molecule has 1 saturated heterocycles. The van der Waals surface area contributed by atoms with E-state index < -0.39 is 5.97 Å². The largest absolute Gasteiger partial charge is 0.452 e. The average Bonchev–Trinajstić information content (AvgIpc) is 2.78. The molecular weight excluding hydrogens is 328 g/mol. The molecule has 1 N–H and O–H groups in total. The fourth-order valence-electron chi connectivity index (χ4n) is 2.87. The molecule has 0 aromatic carbocycles. The van der Waals surface area contributed by atoms with Crippen molar-refractivity contribution in [3.05, 3.63) is 16.0 Å². The van der Waals surface area contributed by atoms with Crippen LogP contribution in [0, 0.1) is 13.8 Å².